The van der Waals surface area contributed by atoms with Crippen LogP contribution >= 0.6 is 11.3 Å². The lowest BCUT2D eigenvalue weighted by atomic mass is 10.1. The number of hydrogen-bond donors (Lipinski definition) is 2. The molecule has 3 rings (SSSR count). The van der Waals surface area contributed by atoms with Gasteiger partial charge in [-0.3, -0.25) is 0 Å². The lowest BCUT2D eigenvalue weighted by Crippen LogP contribution is -2.16. The third-order valence-corrected chi connectivity index (χ3v) is 4.54. The number of primary amides is 1. The fourth-order valence-corrected chi connectivity index (χ4v) is 3.46. The molecule has 0 atom stereocenters. The molecule has 130 valence electrons. The normalized spacial score (nSPS) is 11.7. The van der Waals surface area contributed by atoms with Crippen molar-refractivity contribution in [1.29, 1.82) is 0 Å². The van der Waals surface area contributed by atoms with E-state index in [2.05, 4.69) is 4.98 Å². The minimum absolute atomic E-state index is 0.141. The van der Waals surface area contributed by atoms with Gasteiger partial charge >= 0.3 is 12.3 Å². The topological polar surface area (TPSA) is 91.2 Å². The van der Waals surface area contributed by atoms with Crippen LogP contribution in [-0.2, 0) is 6.18 Å². The Kier molecular flexibility index (Phi) is 4.03. The Morgan fingerprint density at radius 3 is 2.44 bits per heavy atom. The van der Waals surface area contributed by atoms with Crippen molar-refractivity contribution >= 4 is 33.3 Å². The van der Waals surface area contributed by atoms with Gasteiger partial charge in [-0.05, 0) is 30.7 Å². The number of anilines is 1. The number of halogens is 3. The van der Waals surface area contributed by atoms with E-state index in [1.807, 2.05) is 0 Å². The number of thiophene rings is 1. The van der Waals surface area contributed by atoms with Crippen molar-refractivity contribution in [1.82, 2.24) is 4.98 Å². The monoisotopic (exact) mass is 367 g/mol. The number of hydrogen-bond acceptors (Lipinski definition) is 5. The molecule has 1 amide bonds. The van der Waals surface area contributed by atoms with Crippen molar-refractivity contribution in [3.63, 3.8) is 0 Å². The number of nitrogens with zero attached hydrogens (tertiary/aromatic N) is 1. The molecule has 0 saturated carbocycles. The third kappa shape index (κ3) is 3.22. The van der Waals surface area contributed by atoms with Crippen LogP contribution in [0.4, 0.5) is 23.7 Å². The maximum Gasteiger partial charge on any atom is 0.416 e. The van der Waals surface area contributed by atoms with Crippen LogP contribution in [0, 0.1) is 6.92 Å². The largest absolute Gasteiger partial charge is 0.416 e. The molecule has 0 fully saturated rings. The van der Waals surface area contributed by atoms with Crippen LogP contribution in [0.1, 0.15) is 11.1 Å². The molecule has 0 aliphatic rings. The van der Waals surface area contributed by atoms with Crippen molar-refractivity contribution in [3.05, 3.63) is 41.5 Å². The van der Waals surface area contributed by atoms with Gasteiger partial charge in [0.2, 0.25) is 5.06 Å². The van der Waals surface area contributed by atoms with Crippen LogP contribution < -0.4 is 16.2 Å². The number of rotatable bonds is 2. The molecule has 3 aromatic rings. The predicted molar refractivity (Wildman–Crippen MR) is 89.4 cm³/mol. The SMILES string of the molecule is Cc1cc(-c2ccc(C(F)(F)F)cc2)nc2sc(OC(N)=O)c(N)c12. The standard InChI is InChI=1S/C16H12F3N3O2S/c1-7-6-10(8-2-4-9(5-3-8)16(17,18)19)22-13-11(7)12(20)14(25-13)24-15(21)23/h2-6H,20H2,1H3,(H2,21,23). The van der Waals surface area contributed by atoms with E-state index in [1.165, 1.54) is 12.1 Å². The molecule has 2 aromatic heterocycles. The lowest BCUT2D eigenvalue weighted by Gasteiger charge is -2.08. The number of aryl methyl sites for hydroxylation is 1. The minimum atomic E-state index is -4.39. The Morgan fingerprint density at radius 1 is 1.24 bits per heavy atom. The summed E-state index contributed by atoms with van der Waals surface area (Å²) in [5, 5.41) is 0.764. The molecular formula is C16H12F3N3O2S. The van der Waals surface area contributed by atoms with E-state index in [4.69, 9.17) is 16.2 Å². The van der Waals surface area contributed by atoms with E-state index in [-0.39, 0.29) is 10.8 Å². The van der Waals surface area contributed by atoms with Gasteiger partial charge in [0.15, 0.2) is 0 Å². The molecule has 0 bridgehead atoms. The Balaban J connectivity index is 2.07. The zero-order valence-corrected chi connectivity index (χ0v) is 13.7. The molecule has 1 aromatic carbocycles. The van der Waals surface area contributed by atoms with Crippen molar-refractivity contribution < 1.29 is 22.7 Å². The number of amides is 1. The molecule has 0 radical (unpaired) electrons. The number of pyridine rings is 1. The van der Waals surface area contributed by atoms with Gasteiger partial charge in [0, 0.05) is 10.9 Å². The maximum absolute atomic E-state index is 12.7. The maximum atomic E-state index is 12.7. The van der Waals surface area contributed by atoms with Gasteiger partial charge in [-0.25, -0.2) is 9.78 Å². The molecule has 0 aliphatic carbocycles. The molecule has 0 saturated heterocycles. The van der Waals surface area contributed by atoms with E-state index in [0.717, 1.165) is 29.0 Å². The van der Waals surface area contributed by atoms with Gasteiger partial charge in [-0.15, -0.1) is 0 Å². The first-order valence-electron chi connectivity index (χ1n) is 7.01. The number of carbonyl (C=O) groups excluding carboxylic acids is 1. The van der Waals surface area contributed by atoms with E-state index in [1.54, 1.807) is 13.0 Å². The zero-order valence-electron chi connectivity index (χ0n) is 12.8. The summed E-state index contributed by atoms with van der Waals surface area (Å²) >= 11 is 1.04. The third-order valence-electron chi connectivity index (χ3n) is 3.56. The van der Waals surface area contributed by atoms with Crippen molar-refractivity contribution in [3.8, 4) is 16.3 Å². The average Bonchev–Trinajstić information content (AvgIpc) is 2.82. The first-order valence-corrected chi connectivity index (χ1v) is 7.83. The van der Waals surface area contributed by atoms with Gasteiger partial charge in [0.25, 0.3) is 0 Å². The van der Waals surface area contributed by atoms with Gasteiger partial charge in [-0.2, -0.15) is 13.2 Å². The number of nitrogen functional groups attached to an aromatic ring is 1. The summed E-state index contributed by atoms with van der Waals surface area (Å²) in [6.07, 6.45) is -5.38. The number of aromatic nitrogens is 1. The molecule has 25 heavy (non-hydrogen) atoms. The first kappa shape index (κ1) is 17.0. The highest BCUT2D eigenvalue weighted by molar-refractivity contribution is 7.21. The van der Waals surface area contributed by atoms with Crippen LogP contribution in [0.15, 0.2) is 30.3 Å². The summed E-state index contributed by atoms with van der Waals surface area (Å²) in [4.78, 5) is 15.8. The highest BCUT2D eigenvalue weighted by Crippen LogP contribution is 2.42. The molecule has 2 heterocycles. The second-order valence-electron chi connectivity index (χ2n) is 5.30. The van der Waals surface area contributed by atoms with E-state index in [0.29, 0.717) is 21.5 Å². The molecule has 9 heteroatoms. The predicted octanol–water partition coefficient (Wildman–Crippen LogP) is 4.33. The second kappa shape index (κ2) is 5.92. The Bertz CT molecular complexity index is 965. The second-order valence-corrected chi connectivity index (χ2v) is 6.27. The Hall–Kier alpha value is -2.81. The van der Waals surface area contributed by atoms with Crippen LogP contribution in [-0.4, -0.2) is 11.1 Å². The Labute approximate surface area is 144 Å². The van der Waals surface area contributed by atoms with Crippen molar-refractivity contribution in [2.24, 2.45) is 5.73 Å². The van der Waals surface area contributed by atoms with E-state index in [9.17, 15) is 18.0 Å². The van der Waals surface area contributed by atoms with Crippen molar-refractivity contribution in [2.45, 2.75) is 13.1 Å². The molecule has 0 unspecified atom stereocenters. The van der Waals surface area contributed by atoms with Crippen LogP contribution in [0.2, 0.25) is 0 Å². The smallest absolute Gasteiger partial charge is 0.397 e. The molecule has 5 nitrogen and oxygen atoms in total. The number of ether oxygens (including phenoxy) is 1. The van der Waals surface area contributed by atoms with Gasteiger partial charge in [-0.1, -0.05) is 23.5 Å². The highest BCUT2D eigenvalue weighted by atomic mass is 32.1. The average molecular weight is 367 g/mol. The number of benzene rings is 1. The van der Waals surface area contributed by atoms with Gasteiger partial charge in [0.1, 0.15) is 4.83 Å². The molecule has 0 spiro atoms. The summed E-state index contributed by atoms with van der Waals surface area (Å²) in [5.41, 5.74) is 12.3. The molecular weight excluding hydrogens is 355 g/mol. The highest BCUT2D eigenvalue weighted by Gasteiger charge is 2.30. The fraction of sp³-hybridized carbons (Fsp3) is 0.125. The summed E-state index contributed by atoms with van der Waals surface area (Å²) in [6, 6.07) is 6.42. The van der Waals surface area contributed by atoms with E-state index >= 15 is 0 Å². The molecule has 4 N–H and O–H groups in total. The van der Waals surface area contributed by atoms with Gasteiger partial charge < -0.3 is 16.2 Å². The lowest BCUT2D eigenvalue weighted by molar-refractivity contribution is -0.137. The van der Waals surface area contributed by atoms with E-state index < -0.39 is 17.8 Å². The summed E-state index contributed by atoms with van der Waals surface area (Å²) in [6.45, 7) is 1.79. The van der Waals surface area contributed by atoms with Crippen LogP contribution in [0.25, 0.3) is 21.5 Å². The van der Waals surface area contributed by atoms with Gasteiger partial charge in [0.05, 0.1) is 16.9 Å². The number of fused-ring (bicyclic) bond motifs is 1. The van der Waals surface area contributed by atoms with Crippen LogP contribution in [0.5, 0.6) is 5.06 Å². The first-order chi connectivity index (χ1) is 11.7. The van der Waals surface area contributed by atoms with Crippen LogP contribution in [0.3, 0.4) is 0 Å². The summed E-state index contributed by atoms with van der Waals surface area (Å²) in [7, 11) is 0. The quantitative estimate of drug-likeness (QED) is 0.705. The number of alkyl halides is 3. The summed E-state index contributed by atoms with van der Waals surface area (Å²) < 4.78 is 42.9. The minimum Gasteiger partial charge on any atom is -0.397 e. The fourth-order valence-electron chi connectivity index (χ4n) is 2.43. The zero-order chi connectivity index (χ0) is 18.4. The Morgan fingerprint density at radius 2 is 1.88 bits per heavy atom. The number of carbonyl (C=O) groups is 1. The number of nitrogens with two attached hydrogens (primary N) is 2. The molecule has 0 aliphatic heterocycles. The van der Waals surface area contributed by atoms with Crippen molar-refractivity contribution in [2.75, 3.05) is 5.73 Å². The summed E-state index contributed by atoms with van der Waals surface area (Å²) in [5.74, 6) is 0.